The summed E-state index contributed by atoms with van der Waals surface area (Å²) in [6.45, 7) is 4.50. The third kappa shape index (κ3) is 2.38. The number of alkyl halides is 1. The van der Waals surface area contributed by atoms with Gasteiger partial charge in [-0.25, -0.2) is 0 Å². The lowest BCUT2D eigenvalue weighted by Gasteiger charge is -2.56. The van der Waals surface area contributed by atoms with Crippen LogP contribution in [0.3, 0.4) is 0 Å². The van der Waals surface area contributed by atoms with Gasteiger partial charge in [0.1, 0.15) is 11.6 Å². The maximum atomic E-state index is 4.57. The Morgan fingerprint density at radius 3 is 2.05 bits per heavy atom. The van der Waals surface area contributed by atoms with Crippen LogP contribution in [0.1, 0.15) is 70.1 Å². The second-order valence-electron chi connectivity index (χ2n) is 8.22. The third-order valence-corrected chi connectivity index (χ3v) is 6.67. The molecule has 0 saturated heterocycles. The number of aromatic nitrogens is 3. The van der Waals surface area contributed by atoms with Gasteiger partial charge in [-0.15, -0.1) is 10.2 Å². The first-order valence-electron chi connectivity index (χ1n) is 8.57. The molecule has 4 fully saturated rings. The number of hydrogen-bond donors (Lipinski definition) is 0. The Balaban J connectivity index is 1.63. The van der Waals surface area contributed by atoms with Crippen LogP contribution in [0.5, 0.6) is 0 Å². The van der Waals surface area contributed by atoms with Gasteiger partial charge in [-0.3, -0.25) is 0 Å². The van der Waals surface area contributed by atoms with Crippen LogP contribution < -0.4 is 0 Å². The first-order chi connectivity index (χ1) is 10.1. The van der Waals surface area contributed by atoms with Gasteiger partial charge in [0.2, 0.25) is 0 Å². The SMILES string of the molecule is CC(C)n1c(CBr)nnc1CC12CC3CC(CC(C3)C1)C2. The Bertz CT molecular complexity index is 499. The normalized spacial score (nSPS) is 37.6. The molecule has 4 aliphatic carbocycles. The average Bonchev–Trinajstić information content (AvgIpc) is 2.79. The standard InChI is InChI=1S/C17H26BrN3/c1-11(2)21-15(19-20-16(21)10-18)9-17-6-12-3-13(7-17)5-14(4-12)8-17/h11-14H,3-10H2,1-2H3. The molecule has 0 N–H and O–H groups in total. The minimum atomic E-state index is 0.455. The highest BCUT2D eigenvalue weighted by Gasteiger charge is 2.51. The summed E-state index contributed by atoms with van der Waals surface area (Å²) in [7, 11) is 0. The predicted octanol–water partition coefficient (Wildman–Crippen LogP) is 4.51. The summed E-state index contributed by atoms with van der Waals surface area (Å²) in [6.07, 6.45) is 10.1. The van der Waals surface area contributed by atoms with Gasteiger partial charge >= 0.3 is 0 Å². The fraction of sp³-hybridized carbons (Fsp3) is 0.882. The second-order valence-corrected chi connectivity index (χ2v) is 8.78. The van der Waals surface area contributed by atoms with Crippen LogP contribution >= 0.6 is 15.9 Å². The molecule has 4 heteroatoms. The summed E-state index contributed by atoms with van der Waals surface area (Å²) in [6, 6.07) is 0.455. The van der Waals surface area contributed by atoms with E-state index in [1.807, 2.05) is 0 Å². The summed E-state index contributed by atoms with van der Waals surface area (Å²) in [5.74, 6) is 5.37. The van der Waals surface area contributed by atoms with E-state index >= 15 is 0 Å². The maximum Gasteiger partial charge on any atom is 0.143 e. The largest absolute Gasteiger partial charge is 0.312 e. The number of nitrogens with zero attached hydrogens (tertiary/aromatic N) is 3. The van der Waals surface area contributed by atoms with E-state index < -0.39 is 0 Å². The fourth-order valence-corrected chi connectivity index (χ4v) is 6.39. The Hall–Kier alpha value is -0.380. The Morgan fingerprint density at radius 2 is 1.57 bits per heavy atom. The highest BCUT2D eigenvalue weighted by atomic mass is 79.9. The van der Waals surface area contributed by atoms with E-state index in [2.05, 4.69) is 44.5 Å². The molecule has 4 bridgehead atoms. The van der Waals surface area contributed by atoms with E-state index in [9.17, 15) is 0 Å². The summed E-state index contributed by atoms with van der Waals surface area (Å²) in [4.78, 5) is 0. The van der Waals surface area contributed by atoms with E-state index in [1.165, 1.54) is 44.3 Å². The summed E-state index contributed by atoms with van der Waals surface area (Å²) >= 11 is 3.56. The summed E-state index contributed by atoms with van der Waals surface area (Å²) in [5, 5.41) is 9.79. The zero-order chi connectivity index (χ0) is 14.6. The van der Waals surface area contributed by atoms with E-state index in [1.54, 1.807) is 0 Å². The van der Waals surface area contributed by atoms with Gasteiger partial charge in [0.15, 0.2) is 0 Å². The number of hydrogen-bond acceptors (Lipinski definition) is 2. The summed E-state index contributed by atoms with van der Waals surface area (Å²) in [5.41, 5.74) is 0.554. The molecule has 0 radical (unpaired) electrons. The second kappa shape index (κ2) is 5.07. The smallest absolute Gasteiger partial charge is 0.143 e. The first kappa shape index (κ1) is 14.2. The predicted molar refractivity (Wildman–Crippen MR) is 87.3 cm³/mol. The van der Waals surface area contributed by atoms with Crippen molar-refractivity contribution in [3.05, 3.63) is 11.6 Å². The van der Waals surface area contributed by atoms with Crippen molar-refractivity contribution in [1.29, 1.82) is 0 Å². The van der Waals surface area contributed by atoms with Crippen LogP contribution in [0.4, 0.5) is 0 Å². The zero-order valence-electron chi connectivity index (χ0n) is 13.2. The third-order valence-electron chi connectivity index (χ3n) is 6.17. The van der Waals surface area contributed by atoms with Crippen LogP contribution in [0, 0.1) is 23.2 Å². The van der Waals surface area contributed by atoms with Gasteiger partial charge in [0.25, 0.3) is 0 Å². The van der Waals surface area contributed by atoms with Crippen molar-refractivity contribution < 1.29 is 0 Å². The summed E-state index contributed by atoms with van der Waals surface area (Å²) < 4.78 is 2.37. The molecule has 5 rings (SSSR count). The van der Waals surface area contributed by atoms with Crippen molar-refractivity contribution in [2.24, 2.45) is 23.2 Å². The molecular weight excluding hydrogens is 326 g/mol. The molecule has 1 heterocycles. The minimum Gasteiger partial charge on any atom is -0.312 e. The molecule has 3 nitrogen and oxygen atoms in total. The topological polar surface area (TPSA) is 30.7 Å². The highest BCUT2D eigenvalue weighted by Crippen LogP contribution is 2.61. The van der Waals surface area contributed by atoms with Crippen LogP contribution in [0.15, 0.2) is 0 Å². The molecule has 0 atom stereocenters. The lowest BCUT2D eigenvalue weighted by Crippen LogP contribution is -2.47. The molecule has 0 unspecified atom stereocenters. The van der Waals surface area contributed by atoms with E-state index in [0.717, 1.165) is 35.3 Å². The lowest BCUT2D eigenvalue weighted by molar-refractivity contribution is -0.0536. The molecule has 0 aliphatic heterocycles. The van der Waals surface area contributed by atoms with E-state index in [4.69, 9.17) is 0 Å². The Kier molecular flexibility index (Phi) is 3.44. The van der Waals surface area contributed by atoms with Crippen LogP contribution in [-0.4, -0.2) is 14.8 Å². The molecule has 0 aromatic carbocycles. The van der Waals surface area contributed by atoms with Crippen LogP contribution in [0.2, 0.25) is 0 Å². The molecule has 116 valence electrons. The van der Waals surface area contributed by atoms with Gasteiger partial charge in [0.05, 0.1) is 5.33 Å². The highest BCUT2D eigenvalue weighted by molar-refractivity contribution is 9.08. The molecule has 21 heavy (non-hydrogen) atoms. The lowest BCUT2D eigenvalue weighted by atomic mass is 9.49. The van der Waals surface area contributed by atoms with Gasteiger partial charge in [0, 0.05) is 12.5 Å². The van der Waals surface area contributed by atoms with E-state index in [0.29, 0.717) is 11.5 Å². The van der Waals surface area contributed by atoms with Crippen LogP contribution in [-0.2, 0) is 11.8 Å². The molecule has 1 aromatic rings. The van der Waals surface area contributed by atoms with Crippen molar-refractivity contribution >= 4 is 15.9 Å². The molecule has 4 aliphatic rings. The molecule has 0 spiro atoms. The van der Waals surface area contributed by atoms with Crippen LogP contribution in [0.25, 0.3) is 0 Å². The van der Waals surface area contributed by atoms with Gasteiger partial charge in [-0.2, -0.15) is 0 Å². The molecular formula is C17H26BrN3. The molecule has 1 aromatic heterocycles. The van der Waals surface area contributed by atoms with Crippen molar-refractivity contribution in [2.75, 3.05) is 0 Å². The van der Waals surface area contributed by atoms with Gasteiger partial charge < -0.3 is 4.57 Å². The quantitative estimate of drug-likeness (QED) is 0.747. The molecule has 4 saturated carbocycles. The van der Waals surface area contributed by atoms with Crippen molar-refractivity contribution in [1.82, 2.24) is 14.8 Å². The van der Waals surface area contributed by atoms with Crippen molar-refractivity contribution in [3.63, 3.8) is 0 Å². The average molecular weight is 352 g/mol. The maximum absolute atomic E-state index is 4.57. The zero-order valence-corrected chi connectivity index (χ0v) is 14.8. The van der Waals surface area contributed by atoms with Crippen molar-refractivity contribution in [3.8, 4) is 0 Å². The van der Waals surface area contributed by atoms with Gasteiger partial charge in [-0.05, 0) is 75.5 Å². The molecule has 0 amide bonds. The minimum absolute atomic E-state index is 0.455. The Morgan fingerprint density at radius 1 is 1.05 bits per heavy atom. The van der Waals surface area contributed by atoms with E-state index in [-0.39, 0.29) is 0 Å². The number of halogens is 1. The Labute approximate surface area is 136 Å². The first-order valence-corrected chi connectivity index (χ1v) is 9.69. The fourth-order valence-electron chi connectivity index (χ4n) is 6.01. The van der Waals surface area contributed by atoms with Gasteiger partial charge in [-0.1, -0.05) is 15.9 Å². The van der Waals surface area contributed by atoms with Crippen molar-refractivity contribution in [2.45, 2.75) is 70.2 Å². The monoisotopic (exact) mass is 351 g/mol. The number of rotatable bonds is 4.